The number of amides is 2. The van der Waals surface area contributed by atoms with E-state index in [1.54, 1.807) is 32.0 Å². The Hall–Kier alpha value is -1.88. The lowest BCUT2D eigenvalue weighted by atomic mass is 9.91. The number of likely N-dealkylation sites (N-methyl/N-ethyl adjacent to an activating group) is 1. The van der Waals surface area contributed by atoms with Crippen LogP contribution in [0.5, 0.6) is 0 Å². The molecular formula is C13H18N2O3. The van der Waals surface area contributed by atoms with Crippen LogP contribution < -0.4 is 5.73 Å². The van der Waals surface area contributed by atoms with Gasteiger partial charge in [0, 0.05) is 18.7 Å². The Labute approximate surface area is 106 Å². The minimum Gasteiger partial charge on any atom is -0.368 e. The molecule has 0 heterocycles. The molecule has 0 saturated heterocycles. The third kappa shape index (κ3) is 2.36. The van der Waals surface area contributed by atoms with Crippen LogP contribution in [0.4, 0.5) is 0 Å². The Morgan fingerprint density at radius 2 is 1.72 bits per heavy atom. The fraction of sp³-hybridized carbons (Fsp3) is 0.385. The molecule has 0 fully saturated rings. The average molecular weight is 250 g/mol. The van der Waals surface area contributed by atoms with Gasteiger partial charge in [-0.1, -0.05) is 30.3 Å². The molecule has 0 aromatic heterocycles. The molecule has 98 valence electrons. The number of benzene rings is 1. The molecule has 1 unspecified atom stereocenters. The Bertz CT molecular complexity index is 429. The van der Waals surface area contributed by atoms with E-state index in [1.807, 2.05) is 0 Å². The first-order valence-corrected chi connectivity index (χ1v) is 5.85. The van der Waals surface area contributed by atoms with E-state index in [-0.39, 0.29) is 5.56 Å². The minimum atomic E-state index is -2.30. The second kappa shape index (κ2) is 5.64. The lowest BCUT2D eigenvalue weighted by molar-refractivity contribution is -0.160. The molecule has 0 saturated carbocycles. The first kappa shape index (κ1) is 14.2. The second-order valence-electron chi connectivity index (χ2n) is 3.92. The Morgan fingerprint density at radius 3 is 2.11 bits per heavy atom. The summed E-state index contributed by atoms with van der Waals surface area (Å²) in [6, 6.07) is 8.02. The highest BCUT2D eigenvalue weighted by atomic mass is 16.3. The minimum absolute atomic E-state index is 0.189. The molecule has 3 N–H and O–H groups in total. The van der Waals surface area contributed by atoms with E-state index >= 15 is 0 Å². The summed E-state index contributed by atoms with van der Waals surface area (Å²) in [5, 5.41) is 10.4. The number of hydrogen-bond acceptors (Lipinski definition) is 3. The average Bonchev–Trinajstić information content (AvgIpc) is 2.39. The molecule has 1 atom stereocenters. The summed E-state index contributed by atoms with van der Waals surface area (Å²) < 4.78 is 0. The molecular weight excluding hydrogens is 232 g/mol. The zero-order chi connectivity index (χ0) is 13.8. The summed E-state index contributed by atoms with van der Waals surface area (Å²) in [6.45, 7) is 4.34. The Kier molecular flexibility index (Phi) is 4.44. The fourth-order valence-electron chi connectivity index (χ4n) is 1.79. The van der Waals surface area contributed by atoms with E-state index in [9.17, 15) is 14.7 Å². The van der Waals surface area contributed by atoms with Gasteiger partial charge in [0.05, 0.1) is 0 Å². The van der Waals surface area contributed by atoms with Crippen molar-refractivity contribution in [2.75, 3.05) is 13.1 Å². The maximum absolute atomic E-state index is 12.2. The van der Waals surface area contributed by atoms with Gasteiger partial charge in [-0.15, -0.1) is 0 Å². The molecule has 18 heavy (non-hydrogen) atoms. The monoisotopic (exact) mass is 250 g/mol. The molecule has 1 rings (SSSR count). The van der Waals surface area contributed by atoms with Gasteiger partial charge >= 0.3 is 0 Å². The van der Waals surface area contributed by atoms with Crippen molar-refractivity contribution in [2.24, 2.45) is 5.73 Å². The Balaban J connectivity index is 3.25. The van der Waals surface area contributed by atoms with Crippen LogP contribution >= 0.6 is 0 Å². The third-order valence-corrected chi connectivity index (χ3v) is 2.91. The van der Waals surface area contributed by atoms with Crippen molar-refractivity contribution < 1.29 is 14.7 Å². The smallest absolute Gasteiger partial charge is 0.269 e. The maximum atomic E-state index is 12.2. The molecule has 0 radical (unpaired) electrons. The van der Waals surface area contributed by atoms with Gasteiger partial charge in [-0.2, -0.15) is 0 Å². The van der Waals surface area contributed by atoms with E-state index in [1.165, 1.54) is 17.0 Å². The normalized spacial score (nSPS) is 13.7. The number of nitrogens with zero attached hydrogens (tertiary/aromatic N) is 1. The van der Waals surface area contributed by atoms with Gasteiger partial charge in [0.2, 0.25) is 5.60 Å². The molecule has 0 aliphatic heterocycles. The predicted octanol–water partition coefficient (Wildman–Crippen LogP) is 0.228. The van der Waals surface area contributed by atoms with Crippen LogP contribution in [0.15, 0.2) is 30.3 Å². The number of rotatable bonds is 5. The summed E-state index contributed by atoms with van der Waals surface area (Å²) in [4.78, 5) is 25.1. The molecule has 0 bridgehead atoms. The Morgan fingerprint density at radius 1 is 1.22 bits per heavy atom. The van der Waals surface area contributed by atoms with E-state index in [0.717, 1.165) is 0 Å². The topological polar surface area (TPSA) is 83.6 Å². The van der Waals surface area contributed by atoms with Crippen LogP contribution in [0.25, 0.3) is 0 Å². The zero-order valence-electron chi connectivity index (χ0n) is 10.6. The highest BCUT2D eigenvalue weighted by Gasteiger charge is 2.46. The summed E-state index contributed by atoms with van der Waals surface area (Å²) in [5.74, 6) is -1.75. The summed E-state index contributed by atoms with van der Waals surface area (Å²) in [7, 11) is 0. The van der Waals surface area contributed by atoms with Crippen LogP contribution in [0.1, 0.15) is 19.4 Å². The van der Waals surface area contributed by atoms with Gasteiger partial charge in [0.25, 0.3) is 11.8 Å². The van der Waals surface area contributed by atoms with E-state index in [4.69, 9.17) is 5.73 Å². The highest BCUT2D eigenvalue weighted by Crippen LogP contribution is 2.23. The van der Waals surface area contributed by atoms with Crippen molar-refractivity contribution in [3.05, 3.63) is 35.9 Å². The first-order chi connectivity index (χ1) is 8.48. The molecule has 1 aromatic rings. The van der Waals surface area contributed by atoms with E-state index < -0.39 is 17.4 Å². The highest BCUT2D eigenvalue weighted by molar-refractivity contribution is 6.08. The van der Waals surface area contributed by atoms with E-state index in [0.29, 0.717) is 13.1 Å². The molecule has 2 amide bonds. The largest absolute Gasteiger partial charge is 0.368 e. The van der Waals surface area contributed by atoms with Crippen molar-refractivity contribution in [1.82, 2.24) is 4.90 Å². The third-order valence-electron chi connectivity index (χ3n) is 2.91. The van der Waals surface area contributed by atoms with Crippen LogP contribution in [-0.4, -0.2) is 34.9 Å². The molecule has 0 aliphatic carbocycles. The first-order valence-electron chi connectivity index (χ1n) is 5.85. The van der Waals surface area contributed by atoms with E-state index in [2.05, 4.69) is 0 Å². The molecule has 1 aromatic carbocycles. The number of carbonyl (C=O) groups excluding carboxylic acids is 2. The van der Waals surface area contributed by atoms with Gasteiger partial charge in [-0.05, 0) is 13.8 Å². The lowest BCUT2D eigenvalue weighted by Gasteiger charge is -2.30. The summed E-state index contributed by atoms with van der Waals surface area (Å²) in [6.07, 6.45) is 0. The fourth-order valence-corrected chi connectivity index (χ4v) is 1.79. The van der Waals surface area contributed by atoms with Crippen molar-refractivity contribution in [1.29, 1.82) is 0 Å². The molecule has 0 aliphatic rings. The summed E-state index contributed by atoms with van der Waals surface area (Å²) in [5.41, 5.74) is 3.11. The number of aliphatic hydroxyl groups is 1. The number of primary amides is 1. The van der Waals surface area contributed by atoms with Crippen LogP contribution in [0, 0.1) is 0 Å². The van der Waals surface area contributed by atoms with Crippen LogP contribution in [-0.2, 0) is 15.2 Å². The molecule has 0 spiro atoms. The van der Waals surface area contributed by atoms with Gasteiger partial charge < -0.3 is 15.7 Å². The van der Waals surface area contributed by atoms with Gasteiger partial charge in [0.15, 0.2) is 0 Å². The van der Waals surface area contributed by atoms with Crippen LogP contribution in [0.2, 0.25) is 0 Å². The predicted molar refractivity (Wildman–Crippen MR) is 67.5 cm³/mol. The lowest BCUT2D eigenvalue weighted by Crippen LogP contribution is -2.54. The quantitative estimate of drug-likeness (QED) is 0.734. The second-order valence-corrected chi connectivity index (χ2v) is 3.92. The van der Waals surface area contributed by atoms with Gasteiger partial charge in [-0.25, -0.2) is 0 Å². The number of carbonyl (C=O) groups is 2. The van der Waals surface area contributed by atoms with Gasteiger partial charge in [-0.3, -0.25) is 9.59 Å². The van der Waals surface area contributed by atoms with Gasteiger partial charge in [0.1, 0.15) is 0 Å². The van der Waals surface area contributed by atoms with Crippen molar-refractivity contribution >= 4 is 11.8 Å². The SMILES string of the molecule is CCN(CC)C(=O)C(O)(C(N)=O)c1ccccc1. The zero-order valence-corrected chi connectivity index (χ0v) is 10.6. The molecule has 5 heteroatoms. The number of hydrogen-bond donors (Lipinski definition) is 2. The standard InChI is InChI=1S/C13H18N2O3/c1-3-15(4-2)12(17)13(18,11(14)16)10-8-6-5-7-9-10/h5-9,18H,3-4H2,1-2H3,(H2,14,16). The molecule has 5 nitrogen and oxygen atoms in total. The van der Waals surface area contributed by atoms with Crippen LogP contribution in [0.3, 0.4) is 0 Å². The summed E-state index contributed by atoms with van der Waals surface area (Å²) >= 11 is 0. The van der Waals surface area contributed by atoms with Crippen molar-refractivity contribution in [3.8, 4) is 0 Å². The number of nitrogens with two attached hydrogens (primary N) is 1. The van der Waals surface area contributed by atoms with Crippen molar-refractivity contribution in [3.63, 3.8) is 0 Å². The maximum Gasteiger partial charge on any atom is 0.269 e. The van der Waals surface area contributed by atoms with Crippen molar-refractivity contribution in [2.45, 2.75) is 19.4 Å².